The predicted molar refractivity (Wildman–Crippen MR) is 60.0 cm³/mol. The van der Waals surface area contributed by atoms with Crippen molar-refractivity contribution in [2.45, 2.75) is 38.6 Å². The number of hydrogen-bond donors (Lipinski definition) is 1. The third-order valence-corrected chi connectivity index (χ3v) is 2.15. The molecule has 1 N–H and O–H groups in total. The average Bonchev–Trinajstić information content (AvgIpc) is 2.21. The standard InChI is InChI=1S/C12H16O5/c1-8-7-11(17-9(2)13)5-3-10(14)4-6-12(15)16-8/h3-6,8,10-11,14H,7H2,1-2H3/b5-3-,6-4-/t8-,10-,11-/m1/s1. The van der Waals surface area contributed by atoms with Crippen LogP contribution in [0.1, 0.15) is 20.3 Å². The molecular weight excluding hydrogens is 224 g/mol. The summed E-state index contributed by atoms with van der Waals surface area (Å²) in [5, 5.41) is 9.44. The molecule has 1 rings (SSSR count). The predicted octanol–water partition coefficient (Wildman–Crippen LogP) is 0.727. The van der Waals surface area contributed by atoms with E-state index in [1.54, 1.807) is 13.0 Å². The summed E-state index contributed by atoms with van der Waals surface area (Å²) in [5.74, 6) is -0.936. The highest BCUT2D eigenvalue weighted by Gasteiger charge is 2.17. The Morgan fingerprint density at radius 2 is 2.18 bits per heavy atom. The lowest BCUT2D eigenvalue weighted by atomic mass is 10.1. The summed E-state index contributed by atoms with van der Waals surface area (Å²) in [6.07, 6.45) is 4.14. The molecule has 0 spiro atoms. The van der Waals surface area contributed by atoms with E-state index in [1.165, 1.54) is 25.2 Å². The van der Waals surface area contributed by atoms with Crippen molar-refractivity contribution in [1.82, 2.24) is 0 Å². The van der Waals surface area contributed by atoms with Gasteiger partial charge in [0.2, 0.25) is 0 Å². The molecule has 17 heavy (non-hydrogen) atoms. The van der Waals surface area contributed by atoms with E-state index in [9.17, 15) is 14.7 Å². The molecule has 0 aromatic heterocycles. The van der Waals surface area contributed by atoms with Crippen LogP contribution in [0.4, 0.5) is 0 Å². The third kappa shape index (κ3) is 5.31. The largest absolute Gasteiger partial charge is 0.459 e. The maximum Gasteiger partial charge on any atom is 0.330 e. The first-order chi connectivity index (χ1) is 7.97. The van der Waals surface area contributed by atoms with Crippen LogP contribution in [0.3, 0.4) is 0 Å². The van der Waals surface area contributed by atoms with Gasteiger partial charge in [-0.2, -0.15) is 0 Å². The van der Waals surface area contributed by atoms with E-state index < -0.39 is 24.1 Å². The van der Waals surface area contributed by atoms with Crippen molar-refractivity contribution >= 4 is 11.9 Å². The lowest BCUT2D eigenvalue weighted by Gasteiger charge is -2.19. The molecule has 0 aromatic rings. The molecule has 0 aliphatic carbocycles. The van der Waals surface area contributed by atoms with Crippen LogP contribution in [0, 0.1) is 0 Å². The van der Waals surface area contributed by atoms with Crippen LogP contribution in [0.25, 0.3) is 0 Å². The third-order valence-electron chi connectivity index (χ3n) is 2.15. The number of rotatable bonds is 1. The zero-order valence-electron chi connectivity index (χ0n) is 9.83. The second-order valence-corrected chi connectivity index (χ2v) is 3.87. The van der Waals surface area contributed by atoms with Crippen molar-refractivity contribution in [2.75, 3.05) is 0 Å². The number of esters is 2. The Labute approximate surface area is 99.7 Å². The minimum absolute atomic E-state index is 0.363. The summed E-state index contributed by atoms with van der Waals surface area (Å²) in [6, 6.07) is 0. The number of hydrogen-bond acceptors (Lipinski definition) is 5. The van der Waals surface area contributed by atoms with E-state index in [4.69, 9.17) is 9.47 Å². The van der Waals surface area contributed by atoms with Gasteiger partial charge in [-0.25, -0.2) is 4.79 Å². The van der Waals surface area contributed by atoms with Crippen molar-refractivity contribution in [3.8, 4) is 0 Å². The molecule has 0 saturated carbocycles. The van der Waals surface area contributed by atoms with Gasteiger partial charge in [0.15, 0.2) is 0 Å². The van der Waals surface area contributed by atoms with Crippen molar-refractivity contribution in [3.63, 3.8) is 0 Å². The Hall–Kier alpha value is -1.62. The fourth-order valence-electron chi connectivity index (χ4n) is 1.47. The summed E-state index contributed by atoms with van der Waals surface area (Å²) < 4.78 is 10.0. The molecule has 1 heterocycles. The number of aliphatic hydroxyl groups is 1. The Bertz CT molecular complexity index is 345. The van der Waals surface area contributed by atoms with Crippen molar-refractivity contribution < 1.29 is 24.2 Å². The van der Waals surface area contributed by atoms with Gasteiger partial charge in [0.05, 0.1) is 6.10 Å². The van der Waals surface area contributed by atoms with Gasteiger partial charge >= 0.3 is 11.9 Å². The van der Waals surface area contributed by atoms with E-state index in [0.717, 1.165) is 0 Å². The highest BCUT2D eigenvalue weighted by Crippen LogP contribution is 2.11. The SMILES string of the molecule is CC(=O)O[C@@H]1/C=C\[C@@H](O)/C=C\C(=O)O[C@H](C)C1. The van der Waals surface area contributed by atoms with Gasteiger partial charge in [-0.3, -0.25) is 4.79 Å². The van der Waals surface area contributed by atoms with Gasteiger partial charge in [-0.15, -0.1) is 0 Å². The maximum atomic E-state index is 11.2. The molecule has 94 valence electrons. The molecule has 0 saturated heterocycles. The number of aliphatic hydroxyl groups excluding tert-OH is 1. The Morgan fingerprint density at radius 3 is 2.82 bits per heavy atom. The molecule has 1 aliphatic heterocycles. The quantitative estimate of drug-likeness (QED) is 0.540. The molecule has 0 bridgehead atoms. The van der Waals surface area contributed by atoms with Crippen LogP contribution in [-0.2, 0) is 19.1 Å². The normalized spacial score (nSPS) is 33.4. The van der Waals surface area contributed by atoms with Crippen molar-refractivity contribution in [3.05, 3.63) is 24.3 Å². The van der Waals surface area contributed by atoms with E-state index in [0.29, 0.717) is 6.42 Å². The van der Waals surface area contributed by atoms with Crippen molar-refractivity contribution in [2.24, 2.45) is 0 Å². The monoisotopic (exact) mass is 240 g/mol. The zero-order chi connectivity index (χ0) is 12.8. The topological polar surface area (TPSA) is 72.8 Å². The smallest absolute Gasteiger partial charge is 0.330 e. The van der Waals surface area contributed by atoms with E-state index in [2.05, 4.69) is 0 Å². The van der Waals surface area contributed by atoms with Crippen LogP contribution in [0.2, 0.25) is 0 Å². The van der Waals surface area contributed by atoms with Crippen LogP contribution >= 0.6 is 0 Å². The van der Waals surface area contributed by atoms with Crippen LogP contribution < -0.4 is 0 Å². The summed E-state index contributed by atoms with van der Waals surface area (Å²) in [6.45, 7) is 3.02. The molecule has 0 unspecified atom stereocenters. The van der Waals surface area contributed by atoms with E-state index >= 15 is 0 Å². The Kier molecular flexibility index (Phi) is 4.90. The fraction of sp³-hybridized carbons (Fsp3) is 0.500. The number of carbonyl (C=O) groups excluding carboxylic acids is 2. The number of ether oxygens (including phenoxy) is 2. The second-order valence-electron chi connectivity index (χ2n) is 3.87. The molecule has 0 aromatic carbocycles. The lowest BCUT2D eigenvalue weighted by Crippen LogP contribution is -2.24. The molecular formula is C12H16O5. The van der Waals surface area contributed by atoms with Gasteiger partial charge in [0.25, 0.3) is 0 Å². The highest BCUT2D eigenvalue weighted by atomic mass is 16.6. The lowest BCUT2D eigenvalue weighted by molar-refractivity contribution is -0.148. The summed E-state index contributed by atoms with van der Waals surface area (Å²) >= 11 is 0. The number of cyclic esters (lactones) is 1. The first-order valence-electron chi connectivity index (χ1n) is 5.40. The first-order valence-corrected chi connectivity index (χ1v) is 5.40. The highest BCUT2D eigenvalue weighted by molar-refractivity contribution is 5.82. The van der Waals surface area contributed by atoms with Crippen LogP contribution in [0.15, 0.2) is 24.3 Å². The Balaban J connectivity index is 2.78. The Morgan fingerprint density at radius 1 is 1.47 bits per heavy atom. The zero-order valence-corrected chi connectivity index (χ0v) is 9.83. The summed E-state index contributed by atoms with van der Waals surface area (Å²) in [7, 11) is 0. The van der Waals surface area contributed by atoms with Gasteiger partial charge in [-0.1, -0.05) is 6.08 Å². The van der Waals surface area contributed by atoms with Crippen molar-refractivity contribution in [1.29, 1.82) is 0 Å². The first kappa shape index (κ1) is 13.4. The van der Waals surface area contributed by atoms with Gasteiger partial charge in [-0.05, 0) is 19.1 Å². The van der Waals surface area contributed by atoms with Crippen LogP contribution in [-0.4, -0.2) is 35.4 Å². The fourth-order valence-corrected chi connectivity index (χ4v) is 1.47. The molecule has 5 nitrogen and oxygen atoms in total. The maximum absolute atomic E-state index is 11.2. The minimum atomic E-state index is -0.894. The number of carbonyl (C=O) groups is 2. The molecule has 1 aliphatic rings. The van der Waals surface area contributed by atoms with Crippen LogP contribution in [0.5, 0.6) is 0 Å². The average molecular weight is 240 g/mol. The van der Waals surface area contributed by atoms with E-state index in [1.807, 2.05) is 0 Å². The summed E-state index contributed by atoms with van der Waals surface area (Å²) in [4.78, 5) is 22.1. The van der Waals surface area contributed by atoms with Gasteiger partial charge < -0.3 is 14.6 Å². The minimum Gasteiger partial charge on any atom is -0.459 e. The van der Waals surface area contributed by atoms with E-state index in [-0.39, 0.29) is 6.10 Å². The molecule has 5 heteroatoms. The molecule has 0 radical (unpaired) electrons. The molecule has 0 fully saturated rings. The van der Waals surface area contributed by atoms with Gasteiger partial charge in [0, 0.05) is 19.4 Å². The molecule has 3 atom stereocenters. The molecule has 0 amide bonds. The van der Waals surface area contributed by atoms with Gasteiger partial charge in [0.1, 0.15) is 12.2 Å². The second kappa shape index (κ2) is 6.20. The summed E-state index contributed by atoms with van der Waals surface area (Å²) in [5.41, 5.74) is 0.